The van der Waals surface area contributed by atoms with E-state index < -0.39 is 0 Å². The lowest BCUT2D eigenvalue weighted by atomic mass is 10.1. The van der Waals surface area contributed by atoms with Gasteiger partial charge >= 0.3 is 0 Å². The van der Waals surface area contributed by atoms with Gasteiger partial charge in [0, 0.05) is 49.1 Å². The molecular formula is C27H25N7O4. The average Bonchev–Trinajstić information content (AvgIpc) is 3.66. The molecule has 1 aliphatic carbocycles. The molecule has 4 aromatic rings. The van der Waals surface area contributed by atoms with Crippen molar-refractivity contribution in [1.29, 1.82) is 0 Å². The first kappa shape index (κ1) is 23.6. The highest BCUT2D eigenvalue weighted by Crippen LogP contribution is 2.42. The van der Waals surface area contributed by atoms with Crippen molar-refractivity contribution in [1.82, 2.24) is 19.7 Å². The summed E-state index contributed by atoms with van der Waals surface area (Å²) in [6.07, 6.45) is 7.31. The van der Waals surface area contributed by atoms with E-state index in [1.807, 2.05) is 29.2 Å². The number of ether oxygens (including phenoxy) is 1. The lowest BCUT2D eigenvalue weighted by Gasteiger charge is -2.33. The molecule has 2 aliphatic rings. The molecule has 1 aliphatic heterocycles. The molecule has 0 amide bonds. The van der Waals surface area contributed by atoms with E-state index in [2.05, 4.69) is 15.3 Å². The summed E-state index contributed by atoms with van der Waals surface area (Å²) in [6, 6.07) is 12.6. The highest BCUT2D eigenvalue weighted by Gasteiger charge is 2.30. The predicted octanol–water partition coefficient (Wildman–Crippen LogP) is 4.89. The molecular weight excluding hydrogens is 486 g/mol. The molecule has 192 valence electrons. The number of nitrogens with zero attached hydrogens (tertiary/aromatic N) is 6. The molecule has 1 saturated heterocycles. The number of anilines is 3. The van der Waals surface area contributed by atoms with Crippen LogP contribution in [0.25, 0.3) is 16.9 Å². The number of nitro groups is 1. The standard InChI is InChI=1S/C27H25N7O4/c1-38-25-14-23(32-11-4-12-32)24(34(36)37)13-21(25)30-27-28-10-9-20(29-27)19-5-2-3-6-22(19)33-15-18(16-35)26(31-33)17-7-8-17/h2-3,5-6,9-10,13-17H,4,7-8,11-12H2,1H3,(H,28,29,30). The van der Waals surface area contributed by atoms with Crippen LogP contribution in [-0.4, -0.2) is 51.2 Å². The molecule has 2 fully saturated rings. The molecule has 38 heavy (non-hydrogen) atoms. The van der Waals surface area contributed by atoms with Crippen LogP contribution < -0.4 is 15.0 Å². The summed E-state index contributed by atoms with van der Waals surface area (Å²) in [6.45, 7) is 1.54. The van der Waals surface area contributed by atoms with Crippen LogP contribution in [0.2, 0.25) is 0 Å². The van der Waals surface area contributed by atoms with Crippen LogP contribution in [0.3, 0.4) is 0 Å². The van der Waals surface area contributed by atoms with Crippen LogP contribution in [0.1, 0.15) is 41.2 Å². The first-order valence-corrected chi connectivity index (χ1v) is 12.4. The zero-order valence-corrected chi connectivity index (χ0v) is 20.7. The molecule has 1 N–H and O–H groups in total. The van der Waals surface area contributed by atoms with Crippen LogP contribution in [0.15, 0.2) is 54.9 Å². The lowest BCUT2D eigenvalue weighted by Crippen LogP contribution is -2.37. The number of benzene rings is 2. The quantitative estimate of drug-likeness (QED) is 0.190. The zero-order valence-electron chi connectivity index (χ0n) is 20.7. The van der Waals surface area contributed by atoms with Crippen LogP contribution in [-0.2, 0) is 0 Å². The van der Waals surface area contributed by atoms with Gasteiger partial charge in [0.1, 0.15) is 11.4 Å². The Bertz CT molecular complexity index is 1540. The van der Waals surface area contributed by atoms with E-state index in [-0.39, 0.29) is 16.6 Å². The second-order valence-corrected chi connectivity index (χ2v) is 9.35. The first-order chi connectivity index (χ1) is 18.6. The van der Waals surface area contributed by atoms with Gasteiger partial charge < -0.3 is 15.0 Å². The van der Waals surface area contributed by atoms with Crippen molar-refractivity contribution in [2.75, 3.05) is 30.4 Å². The minimum absolute atomic E-state index is 0.00867. The minimum atomic E-state index is -0.390. The molecule has 0 unspecified atom stereocenters. The molecule has 11 heteroatoms. The fraction of sp³-hybridized carbons (Fsp3) is 0.259. The van der Waals surface area contributed by atoms with Crippen LogP contribution in [0, 0.1) is 10.1 Å². The Morgan fingerprint density at radius 1 is 1.16 bits per heavy atom. The molecule has 0 spiro atoms. The van der Waals surface area contributed by atoms with Crippen molar-refractivity contribution < 1.29 is 14.5 Å². The SMILES string of the molecule is COc1cc(N2CCC2)c([N+](=O)[O-])cc1Nc1nccc(-c2ccccc2-n2cc(C=O)c(C3CC3)n2)n1. The average molecular weight is 512 g/mol. The molecule has 0 radical (unpaired) electrons. The Hall–Kier alpha value is -4.80. The maximum atomic E-state index is 11.8. The number of hydrogen-bond acceptors (Lipinski definition) is 9. The smallest absolute Gasteiger partial charge is 0.294 e. The predicted molar refractivity (Wildman–Crippen MR) is 142 cm³/mol. The minimum Gasteiger partial charge on any atom is -0.494 e. The van der Waals surface area contributed by atoms with Gasteiger partial charge in [-0.2, -0.15) is 5.10 Å². The second kappa shape index (κ2) is 9.58. The zero-order chi connectivity index (χ0) is 26.2. The van der Waals surface area contributed by atoms with Crippen molar-refractivity contribution in [3.8, 4) is 22.7 Å². The highest BCUT2D eigenvalue weighted by molar-refractivity contribution is 5.79. The Kier molecular flexibility index (Phi) is 5.95. The number of para-hydroxylation sites is 1. The number of hydrogen-bond donors (Lipinski definition) is 1. The van der Waals surface area contributed by atoms with Gasteiger partial charge in [-0.1, -0.05) is 18.2 Å². The van der Waals surface area contributed by atoms with E-state index in [0.29, 0.717) is 34.3 Å². The molecule has 2 aromatic carbocycles. The summed E-state index contributed by atoms with van der Waals surface area (Å²) in [5.41, 5.74) is 4.55. The maximum absolute atomic E-state index is 11.8. The van der Waals surface area contributed by atoms with Gasteiger partial charge in [-0.25, -0.2) is 14.6 Å². The summed E-state index contributed by atoms with van der Waals surface area (Å²) in [4.78, 5) is 34.0. The normalized spacial score (nSPS) is 14.6. The fourth-order valence-electron chi connectivity index (χ4n) is 4.65. The maximum Gasteiger partial charge on any atom is 0.294 e. The Morgan fingerprint density at radius 3 is 2.66 bits per heavy atom. The summed E-state index contributed by atoms with van der Waals surface area (Å²) in [5, 5.41) is 19.6. The molecule has 0 atom stereocenters. The lowest BCUT2D eigenvalue weighted by molar-refractivity contribution is -0.384. The van der Waals surface area contributed by atoms with E-state index >= 15 is 0 Å². The second-order valence-electron chi connectivity index (χ2n) is 9.35. The Balaban J connectivity index is 1.35. The molecule has 3 heterocycles. The summed E-state index contributed by atoms with van der Waals surface area (Å²) in [7, 11) is 1.52. The van der Waals surface area contributed by atoms with Crippen molar-refractivity contribution >= 4 is 29.3 Å². The number of rotatable bonds is 9. The van der Waals surface area contributed by atoms with Crippen LogP contribution >= 0.6 is 0 Å². The van der Waals surface area contributed by atoms with E-state index in [4.69, 9.17) is 9.84 Å². The number of carbonyl (C=O) groups is 1. The number of aromatic nitrogens is 4. The largest absolute Gasteiger partial charge is 0.494 e. The van der Waals surface area contributed by atoms with E-state index in [1.165, 1.54) is 13.2 Å². The molecule has 6 rings (SSSR count). The third-order valence-corrected chi connectivity index (χ3v) is 6.88. The monoisotopic (exact) mass is 511 g/mol. The number of nitrogens with one attached hydrogen (secondary N) is 1. The van der Waals surface area contributed by atoms with Crippen molar-refractivity contribution in [3.05, 3.63) is 76.2 Å². The van der Waals surface area contributed by atoms with Gasteiger partial charge in [0.25, 0.3) is 5.69 Å². The summed E-state index contributed by atoms with van der Waals surface area (Å²) >= 11 is 0. The van der Waals surface area contributed by atoms with Crippen molar-refractivity contribution in [3.63, 3.8) is 0 Å². The van der Waals surface area contributed by atoms with E-state index in [9.17, 15) is 14.9 Å². The van der Waals surface area contributed by atoms with Crippen LogP contribution in [0.5, 0.6) is 5.75 Å². The number of methoxy groups -OCH3 is 1. The van der Waals surface area contributed by atoms with Crippen LogP contribution in [0.4, 0.5) is 23.0 Å². The fourth-order valence-corrected chi connectivity index (χ4v) is 4.65. The van der Waals surface area contributed by atoms with Gasteiger partial charge in [-0.3, -0.25) is 14.9 Å². The number of nitro benzene ring substituents is 1. The third kappa shape index (κ3) is 4.32. The van der Waals surface area contributed by atoms with Gasteiger partial charge in [0.15, 0.2) is 6.29 Å². The summed E-state index contributed by atoms with van der Waals surface area (Å²) in [5.74, 6) is 1.05. The van der Waals surface area contributed by atoms with E-state index in [1.54, 1.807) is 29.2 Å². The van der Waals surface area contributed by atoms with Gasteiger partial charge in [-0.15, -0.1) is 0 Å². The molecule has 11 nitrogen and oxygen atoms in total. The Morgan fingerprint density at radius 2 is 1.97 bits per heavy atom. The van der Waals surface area contributed by atoms with Gasteiger partial charge in [0.2, 0.25) is 5.95 Å². The summed E-state index contributed by atoms with van der Waals surface area (Å²) < 4.78 is 7.27. The van der Waals surface area contributed by atoms with Crippen molar-refractivity contribution in [2.24, 2.45) is 0 Å². The molecule has 1 saturated carbocycles. The van der Waals surface area contributed by atoms with Crippen molar-refractivity contribution in [2.45, 2.75) is 25.2 Å². The highest BCUT2D eigenvalue weighted by atomic mass is 16.6. The topological polar surface area (TPSA) is 128 Å². The third-order valence-electron chi connectivity index (χ3n) is 6.88. The Labute approximate surface area is 218 Å². The van der Waals surface area contributed by atoms with Gasteiger partial charge in [-0.05, 0) is 31.4 Å². The number of carbonyl (C=O) groups excluding carboxylic acids is 1. The number of aldehydes is 1. The molecule has 0 bridgehead atoms. The van der Waals surface area contributed by atoms with E-state index in [0.717, 1.165) is 55.6 Å². The van der Waals surface area contributed by atoms with Gasteiger partial charge in [0.05, 0.1) is 40.4 Å². The first-order valence-electron chi connectivity index (χ1n) is 12.4. The molecule has 2 aromatic heterocycles.